The summed E-state index contributed by atoms with van der Waals surface area (Å²) in [4.78, 5) is 12.2. The smallest absolute Gasteiger partial charge is 0.320 e. The van der Waals surface area contributed by atoms with Crippen LogP contribution in [0, 0.1) is 5.82 Å². The van der Waals surface area contributed by atoms with Crippen molar-refractivity contribution in [1.29, 1.82) is 0 Å². The van der Waals surface area contributed by atoms with E-state index in [0.717, 1.165) is 0 Å². The summed E-state index contributed by atoms with van der Waals surface area (Å²) in [6.45, 7) is 0. The molecule has 0 bridgehead atoms. The van der Waals surface area contributed by atoms with E-state index in [1.807, 2.05) is 5.32 Å². The van der Waals surface area contributed by atoms with Gasteiger partial charge in [-0.05, 0) is 42.5 Å². The lowest BCUT2D eigenvalue weighted by Gasteiger charge is -2.10. The Bertz CT molecular complexity index is 1180. The van der Waals surface area contributed by atoms with Gasteiger partial charge in [0.15, 0.2) is 9.90 Å². The molecule has 0 fully saturated rings. The van der Waals surface area contributed by atoms with E-state index >= 15 is 0 Å². The van der Waals surface area contributed by atoms with E-state index < -0.39 is 48.9 Å². The average molecular weight is 466 g/mol. The maximum Gasteiger partial charge on any atom is 0.416 e. The van der Waals surface area contributed by atoms with Crippen LogP contribution in [-0.4, -0.2) is 23.9 Å². The fourth-order valence-corrected chi connectivity index (χ4v) is 4.65. The van der Waals surface area contributed by atoms with Gasteiger partial charge in [-0.15, -0.1) is 5.10 Å². The van der Waals surface area contributed by atoms with Crippen molar-refractivity contribution in [1.82, 2.24) is 9.59 Å². The van der Waals surface area contributed by atoms with Crippen molar-refractivity contribution in [3.05, 3.63) is 64.6 Å². The van der Waals surface area contributed by atoms with Gasteiger partial charge in [0.05, 0.1) is 10.5 Å². The van der Waals surface area contributed by atoms with Crippen molar-refractivity contribution >= 4 is 44.6 Å². The molecule has 0 saturated carbocycles. The molecule has 1 N–H and O–H groups in total. The molecule has 0 saturated heterocycles. The number of nitrogens with zero attached hydrogens (tertiary/aromatic N) is 2. The Labute approximate surface area is 170 Å². The first kappa shape index (κ1) is 21.1. The second-order valence-electron chi connectivity index (χ2n) is 5.55. The monoisotopic (exact) mass is 465 g/mol. The maximum absolute atomic E-state index is 13.5. The molecule has 0 aliphatic rings. The Morgan fingerprint density at radius 1 is 1.10 bits per heavy atom. The third-order valence-electron chi connectivity index (χ3n) is 3.52. The highest BCUT2D eigenvalue weighted by atomic mass is 35.5. The minimum Gasteiger partial charge on any atom is -0.320 e. The lowest BCUT2D eigenvalue weighted by atomic mass is 10.2. The minimum atomic E-state index is -4.84. The predicted molar refractivity (Wildman–Crippen MR) is 96.2 cm³/mol. The summed E-state index contributed by atoms with van der Waals surface area (Å²) in [5.41, 5.74) is -2.48. The van der Waals surface area contributed by atoms with E-state index in [2.05, 4.69) is 9.59 Å². The fourth-order valence-electron chi connectivity index (χ4n) is 2.23. The number of hydrogen-bond acceptors (Lipinski definition) is 6. The van der Waals surface area contributed by atoms with Gasteiger partial charge in [-0.25, -0.2) is 12.8 Å². The molecule has 1 heterocycles. The summed E-state index contributed by atoms with van der Waals surface area (Å²) in [6, 6.07) is 6.50. The van der Waals surface area contributed by atoms with Crippen LogP contribution < -0.4 is 5.32 Å². The van der Waals surface area contributed by atoms with Crippen LogP contribution in [0.2, 0.25) is 5.02 Å². The van der Waals surface area contributed by atoms with Gasteiger partial charge in [-0.3, -0.25) is 4.79 Å². The number of carbonyl (C=O) groups is 1. The number of alkyl halides is 3. The fraction of sp³-hybridized carbons (Fsp3) is 0.0625. The number of amides is 1. The molecule has 1 aromatic heterocycles. The van der Waals surface area contributed by atoms with E-state index in [-0.39, 0.29) is 16.0 Å². The SMILES string of the molecule is O=C(Nc1cc(F)cc(C(F)(F)F)c1)c1nnsc1S(=O)(=O)c1ccc(Cl)cc1. The van der Waals surface area contributed by atoms with E-state index in [0.29, 0.717) is 23.7 Å². The van der Waals surface area contributed by atoms with Crippen molar-refractivity contribution in [3.63, 3.8) is 0 Å². The number of halogens is 5. The first-order valence-electron chi connectivity index (χ1n) is 7.50. The maximum atomic E-state index is 13.5. The van der Waals surface area contributed by atoms with E-state index in [1.165, 1.54) is 24.3 Å². The number of carbonyl (C=O) groups excluding carboxylic acids is 1. The third-order valence-corrected chi connectivity index (χ3v) is 6.75. The molecule has 0 atom stereocenters. The summed E-state index contributed by atoms with van der Waals surface area (Å²) in [5.74, 6) is -2.40. The van der Waals surface area contributed by atoms with Crippen molar-refractivity contribution in [2.75, 3.05) is 5.32 Å². The number of anilines is 1. The standard InChI is InChI=1S/C16H8ClF4N3O3S2/c17-9-1-3-12(4-2-9)29(26,27)15-13(23-24-28-15)14(25)22-11-6-8(16(19,20)21)5-10(18)7-11/h1-7H,(H,22,25). The van der Waals surface area contributed by atoms with Gasteiger partial charge in [-0.1, -0.05) is 16.1 Å². The molecule has 3 aromatic rings. The van der Waals surface area contributed by atoms with Gasteiger partial charge in [-0.2, -0.15) is 13.2 Å². The first-order valence-corrected chi connectivity index (χ1v) is 10.1. The summed E-state index contributed by atoms with van der Waals surface area (Å²) in [7, 11) is -4.20. The Morgan fingerprint density at radius 2 is 1.76 bits per heavy atom. The molecular weight excluding hydrogens is 458 g/mol. The Hall–Kier alpha value is -2.57. The van der Waals surface area contributed by atoms with Crippen LogP contribution in [0.15, 0.2) is 51.6 Å². The highest BCUT2D eigenvalue weighted by molar-refractivity contribution is 7.93. The summed E-state index contributed by atoms with van der Waals surface area (Å²) < 4.78 is 80.3. The molecule has 0 spiro atoms. The third kappa shape index (κ3) is 4.54. The highest BCUT2D eigenvalue weighted by Crippen LogP contribution is 2.32. The van der Waals surface area contributed by atoms with Crippen molar-refractivity contribution < 1.29 is 30.8 Å². The molecular formula is C16H8ClF4N3O3S2. The van der Waals surface area contributed by atoms with Gasteiger partial charge < -0.3 is 5.32 Å². The zero-order chi connectivity index (χ0) is 21.4. The summed E-state index contributed by atoms with van der Waals surface area (Å²) >= 11 is 6.13. The molecule has 0 aliphatic heterocycles. The molecule has 6 nitrogen and oxygen atoms in total. The van der Waals surface area contributed by atoms with Gasteiger partial charge in [0.25, 0.3) is 5.91 Å². The Balaban J connectivity index is 1.94. The molecule has 152 valence electrons. The van der Waals surface area contributed by atoms with Crippen LogP contribution in [0.1, 0.15) is 16.1 Å². The number of rotatable bonds is 4. The van der Waals surface area contributed by atoms with E-state index in [1.54, 1.807) is 0 Å². The highest BCUT2D eigenvalue weighted by Gasteiger charge is 2.32. The number of sulfone groups is 1. The normalized spacial score (nSPS) is 12.0. The molecule has 1 amide bonds. The topological polar surface area (TPSA) is 89.0 Å². The zero-order valence-electron chi connectivity index (χ0n) is 13.9. The summed E-state index contributed by atoms with van der Waals surface area (Å²) in [5, 5.41) is 5.75. The van der Waals surface area contributed by atoms with Crippen LogP contribution in [0.4, 0.5) is 23.2 Å². The lowest BCUT2D eigenvalue weighted by Crippen LogP contribution is -2.17. The van der Waals surface area contributed by atoms with Crippen LogP contribution >= 0.6 is 23.1 Å². The van der Waals surface area contributed by atoms with E-state index in [9.17, 15) is 30.8 Å². The number of aromatic nitrogens is 2. The van der Waals surface area contributed by atoms with Crippen molar-refractivity contribution in [2.45, 2.75) is 15.3 Å². The largest absolute Gasteiger partial charge is 0.416 e. The Morgan fingerprint density at radius 3 is 2.38 bits per heavy atom. The van der Waals surface area contributed by atoms with E-state index in [4.69, 9.17) is 11.6 Å². The van der Waals surface area contributed by atoms with Gasteiger partial charge in [0.2, 0.25) is 9.84 Å². The van der Waals surface area contributed by atoms with Crippen molar-refractivity contribution in [2.24, 2.45) is 0 Å². The van der Waals surface area contributed by atoms with Crippen LogP contribution in [0.3, 0.4) is 0 Å². The molecule has 0 aliphatic carbocycles. The molecule has 29 heavy (non-hydrogen) atoms. The lowest BCUT2D eigenvalue weighted by molar-refractivity contribution is -0.137. The Kier molecular flexibility index (Phi) is 5.61. The first-order chi connectivity index (χ1) is 13.5. The molecule has 3 rings (SSSR count). The molecule has 0 radical (unpaired) electrons. The zero-order valence-corrected chi connectivity index (χ0v) is 16.3. The van der Waals surface area contributed by atoms with Gasteiger partial charge >= 0.3 is 6.18 Å². The minimum absolute atomic E-state index is 0.188. The predicted octanol–water partition coefficient (Wildman–Crippen LogP) is 4.43. The van der Waals surface area contributed by atoms with Crippen LogP contribution in [0.5, 0.6) is 0 Å². The number of hydrogen-bond donors (Lipinski definition) is 1. The van der Waals surface area contributed by atoms with Gasteiger partial charge in [0.1, 0.15) is 5.82 Å². The van der Waals surface area contributed by atoms with Crippen LogP contribution in [0.25, 0.3) is 0 Å². The summed E-state index contributed by atoms with van der Waals surface area (Å²) in [6.07, 6.45) is -4.84. The van der Waals surface area contributed by atoms with Crippen molar-refractivity contribution in [3.8, 4) is 0 Å². The molecule has 0 unspecified atom stereocenters. The second kappa shape index (κ2) is 7.69. The molecule has 13 heteroatoms. The van der Waals surface area contributed by atoms with Crippen LogP contribution in [-0.2, 0) is 16.0 Å². The average Bonchev–Trinajstić information content (AvgIpc) is 3.11. The number of nitrogens with one attached hydrogen (secondary N) is 1. The quantitative estimate of drug-likeness (QED) is 0.576. The molecule has 2 aromatic carbocycles. The second-order valence-corrected chi connectivity index (χ2v) is 8.88. The van der Waals surface area contributed by atoms with Gasteiger partial charge in [0, 0.05) is 22.2 Å². The number of benzene rings is 2.